The molecule has 0 aromatic heterocycles. The molecule has 1 heterocycles. The number of ether oxygens (including phenoxy) is 1. The van der Waals surface area contributed by atoms with Crippen LogP contribution in [0.5, 0.6) is 0 Å². The number of hydrogen-bond donors (Lipinski definition) is 0. The van der Waals surface area contributed by atoms with Gasteiger partial charge in [0.25, 0.3) is 0 Å². The largest absolute Gasteiger partial charge is 0.469 e. The average Bonchev–Trinajstić information content (AvgIpc) is 2.41. The van der Waals surface area contributed by atoms with Gasteiger partial charge in [0.2, 0.25) is 0 Å². The molecule has 1 atom stereocenters. The van der Waals surface area contributed by atoms with Crippen molar-refractivity contribution < 1.29 is 9.53 Å². The van der Waals surface area contributed by atoms with Crippen LogP contribution in [0.25, 0.3) is 6.08 Å². The minimum absolute atomic E-state index is 0.0164. The molecule has 3 nitrogen and oxygen atoms in total. The lowest BCUT2D eigenvalue weighted by Crippen LogP contribution is -2.41. The zero-order chi connectivity index (χ0) is 14.2. The lowest BCUT2D eigenvalue weighted by Gasteiger charge is -2.39. The van der Waals surface area contributed by atoms with E-state index in [9.17, 15) is 4.79 Å². The van der Waals surface area contributed by atoms with Crippen molar-refractivity contribution in [3.05, 3.63) is 35.4 Å². The number of rotatable bonds is 2. The first kappa shape index (κ1) is 13.7. The fraction of sp³-hybridized carbons (Fsp3) is 0.438. The summed E-state index contributed by atoms with van der Waals surface area (Å²) in [6.45, 7) is 6.22. The monoisotopic (exact) mass is 259 g/mol. The molecule has 1 aliphatic rings. The topological polar surface area (TPSA) is 29.5 Å². The lowest BCUT2D eigenvalue weighted by atomic mass is 9.91. The van der Waals surface area contributed by atoms with Crippen molar-refractivity contribution in [1.29, 1.82) is 0 Å². The third-order valence-corrected chi connectivity index (χ3v) is 4.00. The molecular formula is C16H21NO2. The van der Waals surface area contributed by atoms with Crippen molar-refractivity contribution >= 4 is 17.7 Å². The molecular weight excluding hydrogens is 238 g/mol. The fourth-order valence-corrected chi connectivity index (χ4v) is 2.31. The lowest BCUT2D eigenvalue weighted by molar-refractivity contribution is -0.141. The molecule has 3 heteroatoms. The fourth-order valence-electron chi connectivity index (χ4n) is 2.31. The summed E-state index contributed by atoms with van der Waals surface area (Å²) in [5.41, 5.74) is 3.34. The van der Waals surface area contributed by atoms with Crippen LogP contribution in [-0.2, 0) is 9.53 Å². The molecule has 2 rings (SSSR count). The third-order valence-electron chi connectivity index (χ3n) is 4.00. The Kier molecular flexibility index (Phi) is 3.40. The van der Waals surface area contributed by atoms with Gasteiger partial charge in [-0.1, -0.05) is 18.2 Å². The Labute approximate surface area is 114 Å². The first-order chi connectivity index (χ1) is 8.86. The highest BCUT2D eigenvalue weighted by molar-refractivity contribution is 5.80. The second kappa shape index (κ2) is 4.72. The van der Waals surface area contributed by atoms with Gasteiger partial charge in [0, 0.05) is 12.7 Å². The van der Waals surface area contributed by atoms with E-state index in [1.54, 1.807) is 0 Å². The van der Waals surface area contributed by atoms with Gasteiger partial charge in [-0.15, -0.1) is 0 Å². The highest BCUT2D eigenvalue weighted by atomic mass is 16.5. The summed E-state index contributed by atoms with van der Waals surface area (Å²) in [4.78, 5) is 13.8. The van der Waals surface area contributed by atoms with E-state index in [0.717, 1.165) is 11.1 Å². The quantitative estimate of drug-likeness (QED) is 0.764. The van der Waals surface area contributed by atoms with Gasteiger partial charge in [-0.3, -0.25) is 4.79 Å². The third kappa shape index (κ3) is 2.37. The summed E-state index contributed by atoms with van der Waals surface area (Å²) < 4.78 is 4.80. The minimum atomic E-state index is -0.232. The summed E-state index contributed by atoms with van der Waals surface area (Å²) in [6.07, 6.45) is 4.31. The van der Waals surface area contributed by atoms with Crippen molar-refractivity contribution in [2.45, 2.75) is 32.2 Å². The van der Waals surface area contributed by atoms with E-state index in [2.05, 4.69) is 50.1 Å². The number of benzene rings is 1. The number of esters is 1. The molecule has 1 aromatic rings. The molecule has 0 N–H and O–H groups in total. The molecule has 0 saturated heterocycles. The Morgan fingerprint density at radius 3 is 2.68 bits per heavy atom. The van der Waals surface area contributed by atoms with E-state index < -0.39 is 0 Å². The molecule has 0 amide bonds. The zero-order valence-electron chi connectivity index (χ0n) is 12.2. The Balaban J connectivity index is 2.39. The predicted molar refractivity (Wildman–Crippen MR) is 78.4 cm³/mol. The molecule has 0 saturated carbocycles. The molecule has 1 aromatic carbocycles. The first-order valence-electron chi connectivity index (χ1n) is 6.51. The molecule has 0 radical (unpaired) electrons. The molecule has 102 valence electrons. The number of methoxy groups -OCH3 is 1. The summed E-state index contributed by atoms with van der Waals surface area (Å²) in [7, 11) is 3.51. The van der Waals surface area contributed by atoms with Crippen molar-refractivity contribution in [3.8, 4) is 0 Å². The van der Waals surface area contributed by atoms with Crippen LogP contribution < -0.4 is 4.90 Å². The second-order valence-electron chi connectivity index (χ2n) is 5.61. The van der Waals surface area contributed by atoms with Gasteiger partial charge in [-0.25, -0.2) is 0 Å². The van der Waals surface area contributed by atoms with Crippen molar-refractivity contribution in [3.63, 3.8) is 0 Å². The highest BCUT2D eigenvalue weighted by Gasteiger charge is 2.26. The van der Waals surface area contributed by atoms with Crippen molar-refractivity contribution in [2.24, 2.45) is 0 Å². The van der Waals surface area contributed by atoms with Crippen LogP contribution in [0.3, 0.4) is 0 Å². The normalized spacial score (nSPS) is 17.8. The van der Waals surface area contributed by atoms with E-state index in [1.165, 1.54) is 12.8 Å². The van der Waals surface area contributed by atoms with E-state index in [0.29, 0.717) is 0 Å². The van der Waals surface area contributed by atoms with Crippen molar-refractivity contribution in [1.82, 2.24) is 0 Å². The van der Waals surface area contributed by atoms with Gasteiger partial charge in [-0.05, 0) is 44.0 Å². The van der Waals surface area contributed by atoms with E-state index in [1.807, 2.05) is 13.0 Å². The Hall–Kier alpha value is -1.77. The van der Waals surface area contributed by atoms with Gasteiger partial charge in [0.15, 0.2) is 0 Å². The molecule has 0 spiro atoms. The summed E-state index contributed by atoms with van der Waals surface area (Å²) >= 11 is 0. The molecule has 19 heavy (non-hydrogen) atoms. The van der Waals surface area contributed by atoms with E-state index >= 15 is 0 Å². The highest BCUT2D eigenvalue weighted by Crippen LogP contribution is 2.35. The van der Waals surface area contributed by atoms with Crippen LogP contribution in [0, 0.1) is 0 Å². The maximum Gasteiger partial charge on any atom is 0.312 e. The number of carbonyl (C=O) groups is 1. The number of likely N-dealkylation sites (N-methyl/N-ethyl adjacent to an activating group) is 1. The van der Waals surface area contributed by atoms with Gasteiger partial charge < -0.3 is 9.64 Å². The summed E-state index contributed by atoms with van der Waals surface area (Å²) in [6, 6.07) is 6.15. The van der Waals surface area contributed by atoms with Crippen molar-refractivity contribution in [2.75, 3.05) is 19.1 Å². The molecule has 0 aliphatic carbocycles. The predicted octanol–water partition coefficient (Wildman–Crippen LogP) is 3.20. The maximum atomic E-state index is 11.6. The number of anilines is 1. The van der Waals surface area contributed by atoms with Crippen LogP contribution in [-0.4, -0.2) is 25.7 Å². The van der Waals surface area contributed by atoms with Crippen LogP contribution in [0.1, 0.15) is 37.8 Å². The van der Waals surface area contributed by atoms with Gasteiger partial charge in [0.05, 0.1) is 18.6 Å². The van der Waals surface area contributed by atoms with Gasteiger partial charge in [0.1, 0.15) is 0 Å². The zero-order valence-corrected chi connectivity index (χ0v) is 12.2. The van der Waals surface area contributed by atoms with Gasteiger partial charge in [-0.2, -0.15) is 0 Å². The molecule has 0 bridgehead atoms. The number of carbonyl (C=O) groups excluding carboxylic acids is 1. The maximum absolute atomic E-state index is 11.6. The standard InChI is InChI=1S/C16H21NO2/c1-11(15(18)19-5)12-6-7-14-13(10-12)8-9-16(2,3)17(14)4/h6-11H,1-5H3. The Bertz CT molecular complexity index is 532. The van der Waals surface area contributed by atoms with Crippen LogP contribution in [0.15, 0.2) is 24.3 Å². The van der Waals surface area contributed by atoms with Gasteiger partial charge >= 0.3 is 5.97 Å². The molecule has 0 fully saturated rings. The van der Waals surface area contributed by atoms with Crippen LogP contribution in [0.2, 0.25) is 0 Å². The second-order valence-corrected chi connectivity index (χ2v) is 5.61. The van der Waals surface area contributed by atoms with Crippen LogP contribution in [0.4, 0.5) is 5.69 Å². The Morgan fingerprint density at radius 2 is 2.05 bits per heavy atom. The summed E-state index contributed by atoms with van der Waals surface area (Å²) in [5, 5.41) is 0. The average molecular weight is 259 g/mol. The SMILES string of the molecule is COC(=O)C(C)c1ccc2c(c1)C=CC(C)(C)N2C. The number of hydrogen-bond acceptors (Lipinski definition) is 3. The van der Waals surface area contributed by atoms with E-state index in [4.69, 9.17) is 4.74 Å². The van der Waals surface area contributed by atoms with Crippen LogP contribution >= 0.6 is 0 Å². The van der Waals surface area contributed by atoms with E-state index in [-0.39, 0.29) is 17.4 Å². The number of fused-ring (bicyclic) bond motifs is 1. The number of nitrogens with zero attached hydrogens (tertiary/aromatic N) is 1. The Morgan fingerprint density at radius 1 is 1.37 bits per heavy atom. The molecule has 1 aliphatic heterocycles. The molecule has 1 unspecified atom stereocenters. The first-order valence-corrected chi connectivity index (χ1v) is 6.51. The minimum Gasteiger partial charge on any atom is -0.469 e. The smallest absolute Gasteiger partial charge is 0.312 e. The summed E-state index contributed by atoms with van der Waals surface area (Å²) in [5.74, 6) is -0.433.